The van der Waals surface area contributed by atoms with Gasteiger partial charge in [-0.2, -0.15) is 5.10 Å². The molecule has 0 fully saturated rings. The highest BCUT2D eigenvalue weighted by molar-refractivity contribution is 7.66. The number of para-hydroxylation sites is 1. The Hall–Kier alpha value is -2.21. The number of aliphatic imine (C=N–C) groups is 1. The Kier molecular flexibility index (Phi) is 4.31. The van der Waals surface area contributed by atoms with Crippen molar-refractivity contribution in [3.05, 3.63) is 58.4 Å². The smallest absolute Gasteiger partial charge is 0.310 e. The highest BCUT2D eigenvalue weighted by atomic mass is 32.1. The third kappa shape index (κ3) is 2.55. The molecule has 8 heteroatoms. The van der Waals surface area contributed by atoms with E-state index < -0.39 is 7.52 Å². The zero-order valence-electron chi connectivity index (χ0n) is 14.8. The molecule has 1 atom stereocenters. The van der Waals surface area contributed by atoms with Gasteiger partial charge in [-0.3, -0.25) is 9.24 Å². The first-order valence-electron chi connectivity index (χ1n) is 8.33. The molecule has 0 bridgehead atoms. The van der Waals surface area contributed by atoms with Gasteiger partial charge in [0.25, 0.3) is 0 Å². The topological polar surface area (TPSA) is 59.7 Å². The number of rotatable bonds is 4. The van der Waals surface area contributed by atoms with E-state index >= 15 is 0 Å². The summed E-state index contributed by atoms with van der Waals surface area (Å²) in [5.41, 5.74) is 1.54. The van der Waals surface area contributed by atoms with E-state index in [2.05, 4.69) is 5.10 Å². The summed E-state index contributed by atoms with van der Waals surface area (Å²) >= 11 is 1.56. The number of aryl methyl sites for hydroxylation is 1. The molecule has 1 aromatic carbocycles. The van der Waals surface area contributed by atoms with Crippen LogP contribution in [-0.4, -0.2) is 33.9 Å². The van der Waals surface area contributed by atoms with Gasteiger partial charge >= 0.3 is 7.52 Å². The van der Waals surface area contributed by atoms with E-state index in [1.165, 1.54) is 0 Å². The van der Waals surface area contributed by atoms with E-state index in [4.69, 9.17) is 9.52 Å². The summed E-state index contributed by atoms with van der Waals surface area (Å²) < 4.78 is 23.2. The maximum Gasteiger partial charge on any atom is 0.333 e. The van der Waals surface area contributed by atoms with Gasteiger partial charge in [0.15, 0.2) is 11.7 Å². The molecule has 0 N–H and O–H groups in total. The van der Waals surface area contributed by atoms with Gasteiger partial charge in [0.1, 0.15) is 5.30 Å². The van der Waals surface area contributed by atoms with Gasteiger partial charge in [0, 0.05) is 7.05 Å². The van der Waals surface area contributed by atoms with Gasteiger partial charge in [0.05, 0.1) is 22.9 Å². The standard InChI is InChI=1S/C18H19N4O2PS/c1-4-24-25(23)16-13(2)20-22(14-9-6-5-7-10-14)18(16)19-17(21(25)3)15-11-8-12-26-15/h5-12H,4H2,1-3H3/t25-/m0/s1. The highest BCUT2D eigenvalue weighted by Crippen LogP contribution is 2.55. The zero-order chi connectivity index (χ0) is 18.3. The molecule has 0 saturated carbocycles. The monoisotopic (exact) mass is 386 g/mol. The normalized spacial score (nSPS) is 19.3. The van der Waals surface area contributed by atoms with Crippen molar-refractivity contribution in [1.29, 1.82) is 0 Å². The van der Waals surface area contributed by atoms with E-state index in [0.29, 0.717) is 29.3 Å². The average Bonchev–Trinajstić information content (AvgIpc) is 3.27. The van der Waals surface area contributed by atoms with Crippen LogP contribution in [0.1, 0.15) is 17.5 Å². The molecule has 0 saturated heterocycles. The molecule has 3 heterocycles. The first kappa shape index (κ1) is 17.2. The lowest BCUT2D eigenvalue weighted by Crippen LogP contribution is -2.34. The van der Waals surface area contributed by atoms with Crippen molar-refractivity contribution in [3.8, 4) is 5.69 Å². The van der Waals surface area contributed by atoms with Crippen LogP contribution in [0.4, 0.5) is 5.82 Å². The largest absolute Gasteiger partial charge is 0.333 e. The molecule has 0 amide bonds. The van der Waals surface area contributed by atoms with E-state index in [1.54, 1.807) is 27.7 Å². The minimum atomic E-state index is -3.30. The minimum absolute atomic E-state index is 0.342. The van der Waals surface area contributed by atoms with E-state index in [1.807, 2.05) is 61.7 Å². The molecule has 1 aliphatic heterocycles. The van der Waals surface area contributed by atoms with Crippen LogP contribution in [0.2, 0.25) is 0 Å². The Morgan fingerprint density at radius 1 is 1.19 bits per heavy atom. The molecule has 0 unspecified atom stereocenters. The molecular formula is C18H19N4O2PS. The summed E-state index contributed by atoms with van der Waals surface area (Å²) in [7, 11) is -1.53. The first-order valence-corrected chi connectivity index (χ1v) is 10.8. The zero-order valence-corrected chi connectivity index (χ0v) is 16.5. The predicted octanol–water partition coefficient (Wildman–Crippen LogP) is 4.12. The Balaban J connectivity index is 2.01. The van der Waals surface area contributed by atoms with Crippen molar-refractivity contribution in [1.82, 2.24) is 14.5 Å². The molecule has 134 valence electrons. The van der Waals surface area contributed by atoms with Crippen LogP contribution in [0, 0.1) is 6.92 Å². The van der Waals surface area contributed by atoms with Crippen molar-refractivity contribution in [2.75, 3.05) is 13.7 Å². The summed E-state index contributed by atoms with van der Waals surface area (Å²) in [5, 5.41) is 7.18. The Labute approximate surface area is 156 Å². The predicted molar refractivity (Wildman–Crippen MR) is 105 cm³/mol. The molecular weight excluding hydrogens is 367 g/mol. The van der Waals surface area contributed by atoms with Gasteiger partial charge in [-0.1, -0.05) is 24.3 Å². The lowest BCUT2D eigenvalue weighted by atomic mass is 10.3. The van der Waals surface area contributed by atoms with E-state index in [0.717, 1.165) is 10.6 Å². The number of aromatic nitrogens is 2. The van der Waals surface area contributed by atoms with Gasteiger partial charge in [-0.15, -0.1) is 11.3 Å². The molecule has 3 aromatic rings. The van der Waals surface area contributed by atoms with Crippen LogP contribution in [-0.2, 0) is 9.09 Å². The Morgan fingerprint density at radius 3 is 2.62 bits per heavy atom. The van der Waals surface area contributed by atoms with Crippen molar-refractivity contribution in [2.45, 2.75) is 13.8 Å². The fourth-order valence-electron chi connectivity index (χ4n) is 3.08. The Morgan fingerprint density at radius 2 is 1.96 bits per heavy atom. The van der Waals surface area contributed by atoms with E-state index in [-0.39, 0.29) is 0 Å². The summed E-state index contributed by atoms with van der Waals surface area (Å²) in [4.78, 5) is 5.79. The van der Waals surface area contributed by atoms with Crippen molar-refractivity contribution >= 4 is 35.8 Å². The van der Waals surface area contributed by atoms with Crippen LogP contribution in [0.15, 0.2) is 52.8 Å². The summed E-state index contributed by atoms with van der Waals surface area (Å²) in [6.07, 6.45) is 0. The van der Waals surface area contributed by atoms with Crippen LogP contribution in [0.25, 0.3) is 5.69 Å². The minimum Gasteiger partial charge on any atom is -0.310 e. The number of fused-ring (bicyclic) bond motifs is 1. The van der Waals surface area contributed by atoms with Gasteiger partial charge in [0.2, 0.25) is 0 Å². The molecule has 1 aliphatic rings. The quantitative estimate of drug-likeness (QED) is 0.633. The van der Waals surface area contributed by atoms with Gasteiger partial charge in [-0.05, 0) is 37.4 Å². The SMILES string of the molecule is CCO[P@@]1(=O)c2c(C)nn(-c3ccccc3)c2N=C(c2cccs2)N1C. The molecule has 2 aromatic heterocycles. The van der Waals surface area contributed by atoms with Crippen molar-refractivity contribution in [3.63, 3.8) is 0 Å². The second-order valence-electron chi connectivity index (χ2n) is 5.88. The maximum atomic E-state index is 13.9. The molecule has 6 nitrogen and oxygen atoms in total. The van der Waals surface area contributed by atoms with Gasteiger partial charge in [-0.25, -0.2) is 9.67 Å². The average molecular weight is 386 g/mol. The number of hydrogen-bond acceptors (Lipinski definition) is 5. The number of thiophene rings is 1. The summed E-state index contributed by atoms with van der Waals surface area (Å²) in [6, 6.07) is 13.7. The molecule has 26 heavy (non-hydrogen) atoms. The molecule has 4 rings (SSSR count). The first-order chi connectivity index (χ1) is 12.6. The lowest BCUT2D eigenvalue weighted by Gasteiger charge is -2.32. The number of benzene rings is 1. The van der Waals surface area contributed by atoms with E-state index in [9.17, 15) is 4.57 Å². The van der Waals surface area contributed by atoms with Crippen molar-refractivity contribution < 1.29 is 9.09 Å². The summed E-state index contributed by atoms with van der Waals surface area (Å²) in [6.45, 7) is 4.04. The van der Waals surface area contributed by atoms with Crippen LogP contribution in [0.3, 0.4) is 0 Å². The third-order valence-electron chi connectivity index (χ3n) is 4.25. The van der Waals surface area contributed by atoms with Crippen LogP contribution in [0.5, 0.6) is 0 Å². The summed E-state index contributed by atoms with van der Waals surface area (Å²) in [5.74, 6) is 1.22. The molecule has 0 spiro atoms. The maximum absolute atomic E-state index is 13.9. The fourth-order valence-corrected chi connectivity index (χ4v) is 6.10. The molecule has 0 aliphatic carbocycles. The molecule has 0 radical (unpaired) electrons. The lowest BCUT2D eigenvalue weighted by molar-refractivity contribution is 0.317. The third-order valence-corrected chi connectivity index (χ3v) is 7.79. The van der Waals surface area contributed by atoms with Crippen molar-refractivity contribution in [2.24, 2.45) is 4.99 Å². The number of nitrogens with zero attached hydrogens (tertiary/aromatic N) is 4. The number of hydrogen-bond donors (Lipinski definition) is 0. The van der Waals surface area contributed by atoms with Gasteiger partial charge < -0.3 is 4.52 Å². The number of amidine groups is 1. The van der Waals surface area contributed by atoms with Crippen LogP contribution < -0.4 is 5.30 Å². The second kappa shape index (κ2) is 6.50. The highest BCUT2D eigenvalue weighted by Gasteiger charge is 2.44. The Bertz CT molecular complexity index is 1010. The second-order valence-corrected chi connectivity index (χ2v) is 9.17. The fraction of sp³-hybridized carbons (Fsp3) is 0.222. The van der Waals surface area contributed by atoms with Crippen LogP contribution >= 0.6 is 18.9 Å².